The number of hydrogen-bond acceptors (Lipinski definition) is 6. The van der Waals surface area contributed by atoms with E-state index in [1.54, 1.807) is 23.7 Å². The van der Waals surface area contributed by atoms with Crippen LogP contribution in [0.4, 0.5) is 5.95 Å². The standard InChI is InChI=1S/C16H19N5OS/c1-11-19-12(10-23-11)9-21-14-5-8-20(13(14)3-4-15(21)22)16-17-6-2-7-18-16/h2,6-7,10,13-14H,3-5,8-9H2,1H3. The van der Waals surface area contributed by atoms with Gasteiger partial charge in [0.15, 0.2) is 0 Å². The molecule has 0 aromatic carbocycles. The van der Waals surface area contributed by atoms with Gasteiger partial charge in [0.05, 0.1) is 29.3 Å². The Morgan fingerprint density at radius 2 is 2.09 bits per heavy atom. The summed E-state index contributed by atoms with van der Waals surface area (Å²) < 4.78 is 0. The fraction of sp³-hybridized carbons (Fsp3) is 0.500. The Morgan fingerprint density at radius 1 is 1.26 bits per heavy atom. The van der Waals surface area contributed by atoms with Crippen LogP contribution in [0.1, 0.15) is 30.0 Å². The van der Waals surface area contributed by atoms with Gasteiger partial charge in [-0.1, -0.05) is 0 Å². The molecule has 0 spiro atoms. The van der Waals surface area contributed by atoms with Crippen molar-refractivity contribution in [3.05, 3.63) is 34.5 Å². The van der Waals surface area contributed by atoms with Gasteiger partial charge in [-0.3, -0.25) is 4.79 Å². The Balaban J connectivity index is 1.56. The fourth-order valence-corrected chi connectivity index (χ4v) is 4.30. The molecule has 0 N–H and O–H groups in total. The molecule has 0 aliphatic carbocycles. The minimum absolute atomic E-state index is 0.238. The Bertz CT molecular complexity index is 704. The number of thiazole rings is 1. The van der Waals surface area contributed by atoms with Gasteiger partial charge in [0.25, 0.3) is 0 Å². The van der Waals surface area contributed by atoms with Gasteiger partial charge in [0.2, 0.25) is 11.9 Å². The molecule has 2 aromatic rings. The molecule has 0 saturated carbocycles. The van der Waals surface area contributed by atoms with Crippen molar-refractivity contribution in [1.82, 2.24) is 19.9 Å². The lowest BCUT2D eigenvalue weighted by Gasteiger charge is -2.39. The molecule has 6 nitrogen and oxygen atoms in total. The zero-order valence-electron chi connectivity index (χ0n) is 13.1. The van der Waals surface area contributed by atoms with Gasteiger partial charge in [0.1, 0.15) is 0 Å². The molecule has 2 aliphatic rings. The SMILES string of the molecule is Cc1nc(CN2C(=O)CCC3C2CCN3c2ncccn2)cs1. The van der Waals surface area contributed by atoms with Gasteiger partial charge >= 0.3 is 0 Å². The predicted octanol–water partition coefficient (Wildman–Crippen LogP) is 2.01. The summed E-state index contributed by atoms with van der Waals surface area (Å²) in [5.41, 5.74) is 0.996. The van der Waals surface area contributed by atoms with Crippen molar-refractivity contribution >= 4 is 23.2 Å². The Labute approximate surface area is 139 Å². The van der Waals surface area contributed by atoms with Gasteiger partial charge in [-0.2, -0.15) is 0 Å². The maximum Gasteiger partial charge on any atom is 0.225 e. The van der Waals surface area contributed by atoms with E-state index in [0.717, 1.165) is 36.0 Å². The Hall–Kier alpha value is -2.02. The third kappa shape index (κ3) is 2.69. The molecule has 2 unspecified atom stereocenters. The lowest BCUT2D eigenvalue weighted by molar-refractivity contribution is -0.137. The number of carbonyl (C=O) groups excluding carboxylic acids is 1. The van der Waals surface area contributed by atoms with E-state index in [4.69, 9.17) is 0 Å². The van der Waals surface area contributed by atoms with Crippen LogP contribution in [0.25, 0.3) is 0 Å². The molecule has 120 valence electrons. The number of hydrogen-bond donors (Lipinski definition) is 0. The van der Waals surface area contributed by atoms with Crippen molar-refractivity contribution in [2.75, 3.05) is 11.4 Å². The van der Waals surface area contributed by atoms with E-state index in [1.807, 2.05) is 17.9 Å². The lowest BCUT2D eigenvalue weighted by atomic mass is 9.96. The normalized spacial score (nSPS) is 24.1. The largest absolute Gasteiger partial charge is 0.336 e. The number of aryl methyl sites for hydroxylation is 1. The van der Waals surface area contributed by atoms with Gasteiger partial charge in [-0.15, -0.1) is 11.3 Å². The summed E-state index contributed by atoms with van der Waals surface area (Å²) in [6, 6.07) is 2.38. The van der Waals surface area contributed by atoms with Crippen molar-refractivity contribution in [3.63, 3.8) is 0 Å². The van der Waals surface area contributed by atoms with Crippen LogP contribution in [0.5, 0.6) is 0 Å². The molecule has 1 amide bonds. The highest BCUT2D eigenvalue weighted by molar-refractivity contribution is 7.09. The third-order valence-corrected chi connectivity index (χ3v) is 5.52. The highest BCUT2D eigenvalue weighted by Crippen LogP contribution is 2.34. The van der Waals surface area contributed by atoms with Crippen molar-refractivity contribution < 1.29 is 4.79 Å². The molecule has 2 saturated heterocycles. The molecule has 4 rings (SSSR count). The number of fused-ring (bicyclic) bond motifs is 1. The van der Waals surface area contributed by atoms with Crippen LogP contribution in [0, 0.1) is 6.92 Å². The van der Waals surface area contributed by atoms with E-state index in [-0.39, 0.29) is 11.9 Å². The summed E-state index contributed by atoms with van der Waals surface area (Å²) in [4.78, 5) is 30.0. The van der Waals surface area contributed by atoms with Crippen LogP contribution < -0.4 is 4.90 Å². The van der Waals surface area contributed by atoms with E-state index in [0.29, 0.717) is 19.0 Å². The van der Waals surface area contributed by atoms with Crippen LogP contribution >= 0.6 is 11.3 Å². The molecule has 0 radical (unpaired) electrons. The second-order valence-corrected chi connectivity index (χ2v) is 7.15. The maximum atomic E-state index is 12.4. The predicted molar refractivity (Wildman–Crippen MR) is 88.2 cm³/mol. The highest BCUT2D eigenvalue weighted by atomic mass is 32.1. The number of amides is 1. The average Bonchev–Trinajstić information content (AvgIpc) is 3.17. The van der Waals surface area contributed by atoms with Gasteiger partial charge < -0.3 is 9.80 Å². The first-order chi connectivity index (χ1) is 11.2. The van der Waals surface area contributed by atoms with E-state index in [9.17, 15) is 4.79 Å². The second kappa shape index (κ2) is 5.88. The van der Waals surface area contributed by atoms with E-state index < -0.39 is 0 Å². The number of anilines is 1. The molecule has 2 atom stereocenters. The number of piperidine rings is 1. The Kier molecular flexibility index (Phi) is 3.72. The molecule has 23 heavy (non-hydrogen) atoms. The van der Waals surface area contributed by atoms with Gasteiger partial charge in [-0.25, -0.2) is 15.0 Å². The van der Waals surface area contributed by atoms with Crippen molar-refractivity contribution in [1.29, 1.82) is 0 Å². The monoisotopic (exact) mass is 329 g/mol. The minimum Gasteiger partial charge on any atom is -0.336 e. The second-order valence-electron chi connectivity index (χ2n) is 6.08. The molecule has 4 heterocycles. The summed E-state index contributed by atoms with van der Waals surface area (Å²) in [5, 5.41) is 3.10. The first-order valence-electron chi connectivity index (χ1n) is 7.96. The fourth-order valence-electron chi connectivity index (χ4n) is 3.70. The van der Waals surface area contributed by atoms with Crippen molar-refractivity contribution in [2.45, 2.75) is 44.8 Å². The summed E-state index contributed by atoms with van der Waals surface area (Å²) in [6.07, 6.45) is 6.00. The van der Waals surface area contributed by atoms with Crippen molar-refractivity contribution in [2.24, 2.45) is 0 Å². The maximum absolute atomic E-state index is 12.4. The zero-order valence-corrected chi connectivity index (χ0v) is 13.9. The molecular weight excluding hydrogens is 310 g/mol. The number of carbonyl (C=O) groups is 1. The van der Waals surface area contributed by atoms with Crippen LogP contribution in [-0.4, -0.2) is 44.4 Å². The quantitative estimate of drug-likeness (QED) is 0.862. The molecule has 2 aromatic heterocycles. The van der Waals surface area contributed by atoms with Crippen LogP contribution in [-0.2, 0) is 11.3 Å². The average molecular weight is 329 g/mol. The number of aromatic nitrogens is 3. The summed E-state index contributed by atoms with van der Waals surface area (Å²) in [6.45, 7) is 3.52. The Morgan fingerprint density at radius 3 is 2.83 bits per heavy atom. The molecule has 7 heteroatoms. The van der Waals surface area contributed by atoms with Crippen LogP contribution in [0.15, 0.2) is 23.8 Å². The first kappa shape index (κ1) is 14.6. The topological polar surface area (TPSA) is 62.2 Å². The summed E-state index contributed by atoms with van der Waals surface area (Å²) in [7, 11) is 0. The lowest BCUT2D eigenvalue weighted by Crippen LogP contribution is -2.52. The smallest absolute Gasteiger partial charge is 0.225 e. The molecule has 2 aliphatic heterocycles. The zero-order chi connectivity index (χ0) is 15.8. The van der Waals surface area contributed by atoms with E-state index >= 15 is 0 Å². The number of rotatable bonds is 3. The van der Waals surface area contributed by atoms with Crippen LogP contribution in [0.3, 0.4) is 0 Å². The molecule has 0 bridgehead atoms. The van der Waals surface area contributed by atoms with E-state index in [1.165, 1.54) is 0 Å². The minimum atomic E-state index is 0.238. The highest BCUT2D eigenvalue weighted by Gasteiger charge is 2.44. The number of nitrogens with zero attached hydrogens (tertiary/aromatic N) is 5. The third-order valence-electron chi connectivity index (χ3n) is 4.69. The first-order valence-corrected chi connectivity index (χ1v) is 8.84. The summed E-state index contributed by atoms with van der Waals surface area (Å²) in [5.74, 6) is 1.02. The molecular formula is C16H19N5OS. The number of likely N-dealkylation sites (tertiary alicyclic amines) is 1. The summed E-state index contributed by atoms with van der Waals surface area (Å²) >= 11 is 1.64. The van der Waals surface area contributed by atoms with Gasteiger partial charge in [-0.05, 0) is 25.8 Å². The van der Waals surface area contributed by atoms with Crippen LogP contribution in [0.2, 0.25) is 0 Å². The van der Waals surface area contributed by atoms with E-state index in [2.05, 4.69) is 25.2 Å². The van der Waals surface area contributed by atoms with Crippen molar-refractivity contribution in [3.8, 4) is 0 Å². The molecule has 2 fully saturated rings. The van der Waals surface area contributed by atoms with Gasteiger partial charge in [0, 0.05) is 30.7 Å².